The summed E-state index contributed by atoms with van der Waals surface area (Å²) in [5.74, 6) is 0.255. The van der Waals surface area contributed by atoms with E-state index in [1.165, 1.54) is 17.0 Å². The Labute approximate surface area is 278 Å². The first-order valence-corrected chi connectivity index (χ1v) is 17.6. The quantitative estimate of drug-likeness (QED) is 0.172. The molecule has 2 aromatic carbocycles. The average Bonchev–Trinajstić information content (AvgIpc) is 3.78. The summed E-state index contributed by atoms with van der Waals surface area (Å²) in [7, 11) is -4.12. The number of thiazole rings is 1. The zero-order valence-corrected chi connectivity index (χ0v) is 27.5. The average molecular weight is 689 g/mol. The summed E-state index contributed by atoms with van der Waals surface area (Å²) >= 11 is 7.56. The number of sulfone groups is 1. The molecule has 1 aliphatic heterocycles. The molecule has 15 heteroatoms. The summed E-state index contributed by atoms with van der Waals surface area (Å²) in [5, 5.41) is 16.0. The molecule has 6 aromatic rings. The number of halogens is 1. The van der Waals surface area contributed by atoms with Crippen LogP contribution < -0.4 is 21.5 Å². The molecule has 1 fully saturated rings. The SMILES string of the molecule is Cc1ccc(-c2cc3cnc(Nc4ccc(NC5CCCNC5)cc4)nc3n(Cc3cnoc3S(=O)(=O)c3nccs3)c2=O)c(Cl)c1. The molecule has 1 unspecified atom stereocenters. The highest BCUT2D eigenvalue weighted by atomic mass is 35.5. The van der Waals surface area contributed by atoms with E-state index in [1.807, 2.05) is 37.3 Å². The number of aryl methyl sites for hydroxylation is 1. The lowest BCUT2D eigenvalue weighted by molar-refractivity contribution is 0.336. The maximum Gasteiger partial charge on any atom is 0.269 e. The molecule has 4 aromatic heterocycles. The van der Waals surface area contributed by atoms with Crippen molar-refractivity contribution in [2.75, 3.05) is 23.7 Å². The number of pyridine rings is 1. The minimum atomic E-state index is -4.12. The predicted octanol–water partition coefficient (Wildman–Crippen LogP) is 5.65. The second-order valence-electron chi connectivity index (χ2n) is 11.2. The largest absolute Gasteiger partial charge is 0.381 e. The highest BCUT2D eigenvalue weighted by Crippen LogP contribution is 2.30. The maximum absolute atomic E-state index is 14.2. The van der Waals surface area contributed by atoms with Crippen molar-refractivity contribution in [2.45, 2.75) is 41.8 Å². The Hall–Kier alpha value is -4.63. The molecular weight excluding hydrogens is 660 g/mol. The van der Waals surface area contributed by atoms with E-state index in [2.05, 4.69) is 31.1 Å². The molecular formula is C32H29ClN8O4S2. The van der Waals surface area contributed by atoms with Crippen molar-refractivity contribution < 1.29 is 12.9 Å². The minimum Gasteiger partial charge on any atom is -0.381 e. The first kappa shape index (κ1) is 31.0. The highest BCUT2D eigenvalue weighted by molar-refractivity contribution is 7.93. The molecule has 0 spiro atoms. The van der Waals surface area contributed by atoms with Gasteiger partial charge in [-0.2, -0.15) is 4.98 Å². The number of nitrogens with zero attached hydrogens (tertiary/aromatic N) is 5. The number of aromatic nitrogens is 5. The molecule has 0 radical (unpaired) electrons. The lowest BCUT2D eigenvalue weighted by Gasteiger charge is -2.24. The first-order chi connectivity index (χ1) is 22.8. The van der Waals surface area contributed by atoms with Gasteiger partial charge in [-0.3, -0.25) is 9.36 Å². The van der Waals surface area contributed by atoms with Gasteiger partial charge in [0.05, 0.1) is 18.3 Å². The van der Waals surface area contributed by atoms with Gasteiger partial charge in [0, 0.05) is 63.3 Å². The van der Waals surface area contributed by atoms with Gasteiger partial charge in [-0.05, 0) is 68.3 Å². The predicted molar refractivity (Wildman–Crippen MR) is 181 cm³/mol. The first-order valence-electron chi connectivity index (χ1n) is 14.9. The molecule has 1 atom stereocenters. The van der Waals surface area contributed by atoms with Crippen LogP contribution in [0.4, 0.5) is 17.3 Å². The zero-order chi connectivity index (χ0) is 32.5. The van der Waals surface area contributed by atoms with Crippen LogP contribution in [0.15, 0.2) is 91.3 Å². The third-order valence-corrected chi connectivity index (χ3v) is 11.1. The van der Waals surface area contributed by atoms with Crippen LogP contribution in [-0.2, 0) is 16.4 Å². The lowest BCUT2D eigenvalue weighted by Crippen LogP contribution is -2.38. The Morgan fingerprint density at radius 3 is 2.66 bits per heavy atom. The molecule has 0 amide bonds. The van der Waals surface area contributed by atoms with Gasteiger partial charge in [0.1, 0.15) is 5.65 Å². The molecule has 240 valence electrons. The minimum absolute atomic E-state index is 0.140. The summed E-state index contributed by atoms with van der Waals surface area (Å²) in [6.45, 7) is 3.68. The molecule has 5 heterocycles. The Morgan fingerprint density at radius 2 is 1.91 bits per heavy atom. The lowest BCUT2D eigenvalue weighted by atomic mass is 10.0. The van der Waals surface area contributed by atoms with Crippen molar-refractivity contribution in [1.82, 2.24) is 30.0 Å². The van der Waals surface area contributed by atoms with E-state index in [0.29, 0.717) is 27.6 Å². The summed E-state index contributed by atoms with van der Waals surface area (Å²) in [6.07, 6.45) is 6.54. The standard InChI is InChI=1S/C32H29ClN8O4S2/c1-19-4-9-25(27(33)13-19)26-14-20-15-36-31(39-23-7-5-22(6-8-23)38-24-3-2-10-34-17-24)40-28(20)41(29(26)42)18-21-16-37-45-30(21)47(43,44)32-35-11-12-46-32/h4-9,11-16,24,34,38H,2-3,10,17-18H2,1H3,(H,36,39,40). The third kappa shape index (κ3) is 6.37. The molecule has 0 aliphatic carbocycles. The number of fused-ring (bicyclic) bond motifs is 1. The Bertz CT molecular complexity index is 2230. The van der Waals surface area contributed by atoms with Crippen LogP contribution in [-0.4, -0.2) is 52.2 Å². The fourth-order valence-corrected chi connectivity index (χ4v) is 8.11. The van der Waals surface area contributed by atoms with Gasteiger partial charge in [-0.25, -0.2) is 18.4 Å². The number of benzene rings is 2. The maximum atomic E-state index is 14.2. The van der Waals surface area contributed by atoms with Crippen molar-refractivity contribution in [3.63, 3.8) is 0 Å². The van der Waals surface area contributed by atoms with Crippen molar-refractivity contribution >= 4 is 61.1 Å². The van der Waals surface area contributed by atoms with Crippen LogP contribution in [0.3, 0.4) is 0 Å². The van der Waals surface area contributed by atoms with E-state index in [0.717, 1.165) is 54.2 Å². The smallest absolute Gasteiger partial charge is 0.269 e. The fourth-order valence-electron chi connectivity index (χ4n) is 5.56. The summed E-state index contributed by atoms with van der Waals surface area (Å²) in [4.78, 5) is 27.4. The van der Waals surface area contributed by atoms with Gasteiger partial charge in [-0.15, -0.1) is 11.3 Å². The number of rotatable bonds is 9. The molecule has 3 N–H and O–H groups in total. The second kappa shape index (κ2) is 12.9. The van der Waals surface area contributed by atoms with Gasteiger partial charge < -0.3 is 20.5 Å². The molecule has 1 saturated heterocycles. The summed E-state index contributed by atoms with van der Waals surface area (Å²) in [6, 6.07) is 15.3. The van der Waals surface area contributed by atoms with Gasteiger partial charge in [-0.1, -0.05) is 28.9 Å². The molecule has 0 saturated carbocycles. The number of nitrogens with one attached hydrogen (secondary N) is 3. The van der Waals surface area contributed by atoms with Crippen LogP contribution in [0.5, 0.6) is 0 Å². The van der Waals surface area contributed by atoms with E-state index in [1.54, 1.807) is 29.8 Å². The van der Waals surface area contributed by atoms with Crippen LogP contribution >= 0.6 is 22.9 Å². The highest BCUT2D eigenvalue weighted by Gasteiger charge is 2.29. The number of anilines is 3. The van der Waals surface area contributed by atoms with E-state index in [-0.39, 0.29) is 28.0 Å². The number of hydrogen-bond donors (Lipinski definition) is 3. The fraction of sp³-hybridized carbons (Fsp3) is 0.219. The van der Waals surface area contributed by atoms with Crippen LogP contribution in [0, 0.1) is 6.92 Å². The van der Waals surface area contributed by atoms with Crippen molar-refractivity contribution in [1.29, 1.82) is 0 Å². The normalized spacial score (nSPS) is 15.1. The summed E-state index contributed by atoms with van der Waals surface area (Å²) in [5.41, 5.74) is 3.56. The molecule has 7 rings (SSSR count). The summed E-state index contributed by atoms with van der Waals surface area (Å²) < 4.78 is 33.1. The Kier molecular flexibility index (Phi) is 8.49. The van der Waals surface area contributed by atoms with Gasteiger partial charge in [0.25, 0.3) is 20.5 Å². The monoisotopic (exact) mass is 688 g/mol. The third-order valence-electron chi connectivity index (χ3n) is 7.87. The van der Waals surface area contributed by atoms with Crippen molar-refractivity contribution in [3.8, 4) is 11.1 Å². The zero-order valence-electron chi connectivity index (χ0n) is 25.1. The van der Waals surface area contributed by atoms with Gasteiger partial charge >= 0.3 is 0 Å². The Morgan fingerprint density at radius 1 is 1.09 bits per heavy atom. The van der Waals surface area contributed by atoms with Crippen LogP contribution in [0.2, 0.25) is 5.02 Å². The van der Waals surface area contributed by atoms with Gasteiger partial charge in [0.2, 0.25) is 10.3 Å². The van der Waals surface area contributed by atoms with Gasteiger partial charge in [0.15, 0.2) is 0 Å². The van der Waals surface area contributed by atoms with E-state index in [9.17, 15) is 13.2 Å². The molecule has 47 heavy (non-hydrogen) atoms. The second-order valence-corrected chi connectivity index (χ2v) is 14.6. The molecule has 1 aliphatic rings. The van der Waals surface area contributed by atoms with E-state index in [4.69, 9.17) is 21.1 Å². The Balaban J connectivity index is 1.27. The van der Waals surface area contributed by atoms with E-state index < -0.39 is 20.5 Å². The number of hydrogen-bond acceptors (Lipinski definition) is 12. The van der Waals surface area contributed by atoms with Crippen molar-refractivity contribution in [3.05, 3.63) is 99.0 Å². The van der Waals surface area contributed by atoms with Crippen LogP contribution in [0.25, 0.3) is 22.2 Å². The number of piperidine rings is 1. The van der Waals surface area contributed by atoms with Crippen LogP contribution in [0.1, 0.15) is 24.0 Å². The van der Waals surface area contributed by atoms with Crippen molar-refractivity contribution in [2.24, 2.45) is 0 Å². The topological polar surface area (TPSA) is 157 Å². The molecule has 0 bridgehead atoms. The molecule has 12 nitrogen and oxygen atoms in total. The van der Waals surface area contributed by atoms with E-state index >= 15 is 0 Å².